The van der Waals surface area contributed by atoms with Gasteiger partial charge < -0.3 is 29.7 Å². The van der Waals surface area contributed by atoms with Crippen LogP contribution in [-0.4, -0.2) is 51.0 Å². The summed E-state index contributed by atoms with van der Waals surface area (Å²) in [6.07, 6.45) is -0.598. The third kappa shape index (κ3) is 8.67. The smallest absolute Gasteiger partial charge is 0.338 e. The van der Waals surface area contributed by atoms with Gasteiger partial charge in [-0.15, -0.1) is 11.8 Å². The van der Waals surface area contributed by atoms with Crippen LogP contribution in [0.2, 0.25) is 0 Å². The number of aromatic carboxylic acids is 1. The summed E-state index contributed by atoms with van der Waals surface area (Å²) in [4.78, 5) is 39.5. The van der Waals surface area contributed by atoms with Crippen LogP contribution in [0.4, 0.5) is 0 Å². The number of hydrogen-bond acceptors (Lipinski definition) is 9. The van der Waals surface area contributed by atoms with Crippen molar-refractivity contribution in [3.05, 3.63) is 119 Å². The first-order chi connectivity index (χ1) is 23.1. The molecule has 1 saturated heterocycles. The molecule has 0 spiro atoms. The van der Waals surface area contributed by atoms with Gasteiger partial charge >= 0.3 is 11.9 Å². The Kier molecular flexibility index (Phi) is 11.6. The number of nitrogens with zero attached hydrogens (tertiary/aromatic N) is 1. The zero-order chi connectivity index (χ0) is 34.2. The van der Waals surface area contributed by atoms with Crippen LogP contribution >= 0.6 is 11.8 Å². The molecule has 3 N–H and O–H groups in total. The summed E-state index contributed by atoms with van der Waals surface area (Å²) in [7, 11) is 0. The monoisotopic (exact) mass is 670 g/mol. The van der Waals surface area contributed by atoms with Crippen LogP contribution in [-0.2, 0) is 37.0 Å². The fraction of sp³-hybridized carbons (Fsp3) is 0.297. The minimum Gasteiger partial charge on any atom is -0.478 e. The molecule has 11 heteroatoms. The van der Waals surface area contributed by atoms with Gasteiger partial charge in [-0.25, -0.2) is 9.78 Å². The second-order valence-corrected chi connectivity index (χ2v) is 12.6. The fourth-order valence-electron chi connectivity index (χ4n) is 5.47. The van der Waals surface area contributed by atoms with Crippen molar-refractivity contribution in [2.45, 2.75) is 63.6 Å². The van der Waals surface area contributed by atoms with Crippen molar-refractivity contribution in [1.82, 2.24) is 10.3 Å². The average Bonchev–Trinajstić information content (AvgIpc) is 3.10. The Morgan fingerprint density at radius 1 is 0.938 bits per heavy atom. The van der Waals surface area contributed by atoms with Gasteiger partial charge in [-0.3, -0.25) is 9.59 Å². The molecule has 1 amide bonds. The lowest BCUT2D eigenvalue weighted by Gasteiger charge is -2.41. The highest BCUT2D eigenvalue weighted by Gasteiger charge is 2.38. The van der Waals surface area contributed by atoms with E-state index in [4.69, 9.17) is 14.2 Å². The van der Waals surface area contributed by atoms with Crippen molar-refractivity contribution >= 4 is 29.6 Å². The Hall–Kier alpha value is -4.55. The molecule has 5 rings (SSSR count). The molecular formula is C37H38N2O8S. The highest BCUT2D eigenvalue weighted by Crippen LogP contribution is 2.43. The average molecular weight is 671 g/mol. The van der Waals surface area contributed by atoms with Crippen molar-refractivity contribution in [2.75, 3.05) is 5.75 Å². The fourth-order valence-corrected chi connectivity index (χ4v) is 6.62. The minimum absolute atomic E-state index is 0.0540. The topological polar surface area (TPSA) is 144 Å². The molecule has 10 nitrogen and oxygen atoms in total. The number of carbonyl (C=O) groups excluding carboxylic acids is 2. The van der Waals surface area contributed by atoms with Crippen LogP contribution in [0.5, 0.6) is 0 Å². The number of ether oxygens (including phenoxy) is 3. The Morgan fingerprint density at radius 2 is 1.67 bits per heavy atom. The summed E-state index contributed by atoms with van der Waals surface area (Å²) < 4.78 is 18.1. The molecule has 0 saturated carbocycles. The van der Waals surface area contributed by atoms with Crippen LogP contribution in [0.15, 0.2) is 96.2 Å². The van der Waals surface area contributed by atoms with Crippen LogP contribution in [0, 0.1) is 5.92 Å². The molecule has 250 valence electrons. The lowest BCUT2D eigenvalue weighted by Crippen LogP contribution is -2.38. The third-order valence-electron chi connectivity index (χ3n) is 8.13. The molecule has 48 heavy (non-hydrogen) atoms. The molecule has 1 fully saturated rings. The number of rotatable bonds is 12. The number of carboxylic acids is 1. The quantitative estimate of drug-likeness (QED) is 0.120. The Morgan fingerprint density at radius 3 is 2.35 bits per heavy atom. The first-order valence-electron chi connectivity index (χ1n) is 15.6. The van der Waals surface area contributed by atoms with E-state index in [1.807, 2.05) is 72.8 Å². The molecule has 1 aromatic heterocycles. The molecule has 5 atom stereocenters. The number of nitrogens with one attached hydrogen (secondary N) is 1. The van der Waals surface area contributed by atoms with Gasteiger partial charge in [-0.2, -0.15) is 0 Å². The molecule has 3 aromatic carbocycles. The number of carbonyl (C=O) groups is 3. The summed E-state index contributed by atoms with van der Waals surface area (Å²) >= 11 is 1.34. The highest BCUT2D eigenvalue weighted by molar-refractivity contribution is 7.99. The number of carboxylic acid groups (broad SMARTS) is 1. The highest BCUT2D eigenvalue weighted by atomic mass is 32.2. The predicted molar refractivity (Wildman–Crippen MR) is 180 cm³/mol. The van der Waals surface area contributed by atoms with E-state index in [1.54, 1.807) is 18.3 Å². The van der Waals surface area contributed by atoms with Gasteiger partial charge in [0, 0.05) is 36.9 Å². The first kappa shape index (κ1) is 34.8. The molecule has 1 aliphatic rings. The molecular weight excluding hydrogens is 632 g/mol. The Bertz CT molecular complexity index is 1730. The van der Waals surface area contributed by atoms with E-state index in [-0.39, 0.29) is 42.7 Å². The summed E-state index contributed by atoms with van der Waals surface area (Å²) in [6, 6.07) is 26.5. The third-order valence-corrected chi connectivity index (χ3v) is 9.23. The van der Waals surface area contributed by atoms with Gasteiger partial charge in [0.2, 0.25) is 0 Å². The van der Waals surface area contributed by atoms with E-state index >= 15 is 0 Å². The molecule has 0 radical (unpaired) electrons. The lowest BCUT2D eigenvalue weighted by atomic mass is 9.91. The maximum Gasteiger partial charge on any atom is 0.338 e. The van der Waals surface area contributed by atoms with Crippen molar-refractivity contribution in [3.8, 4) is 11.1 Å². The van der Waals surface area contributed by atoms with Gasteiger partial charge in [0.25, 0.3) is 5.91 Å². The Labute approximate surface area is 283 Å². The van der Waals surface area contributed by atoms with Gasteiger partial charge in [0.05, 0.1) is 24.4 Å². The van der Waals surface area contributed by atoms with E-state index in [9.17, 15) is 24.6 Å². The molecule has 4 aromatic rings. The summed E-state index contributed by atoms with van der Waals surface area (Å²) in [5.41, 5.74) is 5.54. The van der Waals surface area contributed by atoms with E-state index < -0.39 is 24.3 Å². The number of aromatic nitrogens is 1. The number of pyridine rings is 1. The van der Waals surface area contributed by atoms with Crippen molar-refractivity contribution in [3.63, 3.8) is 0 Å². The number of hydrogen-bond donors (Lipinski definition) is 3. The van der Waals surface area contributed by atoms with Crippen LogP contribution in [0.3, 0.4) is 0 Å². The number of benzene rings is 3. The van der Waals surface area contributed by atoms with Crippen molar-refractivity contribution < 1.29 is 38.8 Å². The molecule has 0 bridgehead atoms. The normalized spacial score (nSPS) is 19.7. The Balaban J connectivity index is 1.33. The lowest BCUT2D eigenvalue weighted by molar-refractivity contribution is -0.268. The zero-order valence-corrected chi connectivity index (χ0v) is 27.7. The predicted octanol–water partition coefficient (Wildman–Crippen LogP) is 6.09. The second-order valence-electron chi connectivity index (χ2n) is 11.6. The zero-order valence-electron chi connectivity index (χ0n) is 26.9. The van der Waals surface area contributed by atoms with E-state index in [0.717, 1.165) is 33.4 Å². The number of thioether (sulfide) groups is 1. The largest absolute Gasteiger partial charge is 0.478 e. The van der Waals surface area contributed by atoms with Gasteiger partial charge in [-0.1, -0.05) is 73.7 Å². The maximum atomic E-state index is 12.3. The van der Waals surface area contributed by atoms with Crippen molar-refractivity contribution in [1.29, 1.82) is 0 Å². The van der Waals surface area contributed by atoms with Gasteiger partial charge in [-0.05, 0) is 52.9 Å². The minimum atomic E-state index is -1.03. The van der Waals surface area contributed by atoms with Crippen LogP contribution < -0.4 is 5.32 Å². The second kappa shape index (κ2) is 16.0. The SMILES string of the molecule is CC(=O)OC(C)C(=O)NCc1cccc(-c2ccc(C3OC(CSc4ncccc4C(=O)O)C(C)C(c4ccc(CO)cc4)O3)cc2)c1. The summed E-state index contributed by atoms with van der Waals surface area (Å²) in [6.45, 7) is 5.08. The standard InChI is InChI=1S/C37H38N2O8S/c1-22-32(21-48-35-31(36(43)44)8-5-17-38-35)46-37(47-33(22)28-11-9-25(20-40)10-12-28)29-15-13-27(14-16-29)30-7-4-6-26(18-30)19-39-34(42)23(2)45-24(3)41/h4-18,22-23,32-33,37,40H,19-21H2,1-3H3,(H,39,42)(H,43,44). The van der Waals surface area contributed by atoms with E-state index in [1.165, 1.54) is 25.6 Å². The van der Waals surface area contributed by atoms with Crippen LogP contribution in [0.25, 0.3) is 11.1 Å². The van der Waals surface area contributed by atoms with Gasteiger partial charge in [0.1, 0.15) is 5.03 Å². The molecule has 2 heterocycles. The van der Waals surface area contributed by atoms with Crippen molar-refractivity contribution in [2.24, 2.45) is 5.92 Å². The number of amides is 1. The number of aliphatic hydroxyl groups excluding tert-OH is 1. The number of aliphatic hydroxyl groups is 1. The molecule has 1 aliphatic heterocycles. The maximum absolute atomic E-state index is 12.3. The van der Waals surface area contributed by atoms with E-state index in [2.05, 4.69) is 17.2 Å². The summed E-state index contributed by atoms with van der Waals surface area (Å²) in [5, 5.41) is 22.4. The molecule has 5 unspecified atom stereocenters. The van der Waals surface area contributed by atoms with Crippen LogP contribution in [0.1, 0.15) is 65.8 Å². The molecule has 0 aliphatic carbocycles. The summed E-state index contributed by atoms with van der Waals surface area (Å²) in [5.74, 6) is -1.53. The first-order valence-corrected chi connectivity index (χ1v) is 16.6. The van der Waals surface area contributed by atoms with Gasteiger partial charge in [0.15, 0.2) is 12.4 Å². The number of esters is 1. The van der Waals surface area contributed by atoms with E-state index in [0.29, 0.717) is 10.8 Å².